The number of ether oxygens (including phenoxy) is 1. The fourth-order valence-electron chi connectivity index (χ4n) is 1.09. The quantitative estimate of drug-likeness (QED) is 0.632. The molecule has 0 rings (SSSR count). The Bertz CT molecular complexity index is 212. The number of hydrogen-bond donors (Lipinski definition) is 2. The van der Waals surface area contributed by atoms with Gasteiger partial charge in [0.15, 0.2) is 0 Å². The molecule has 0 bridgehead atoms. The largest absolute Gasteiger partial charge is 0.481 e. The SMILES string of the molecule is CC(C)COCC(C)C.O=C(O)CCCCC(=O)O. The Morgan fingerprint density at radius 1 is 0.842 bits per heavy atom. The first-order valence-corrected chi connectivity index (χ1v) is 6.77. The van der Waals surface area contributed by atoms with Crippen molar-refractivity contribution in [3.05, 3.63) is 0 Å². The molecular weight excluding hydrogens is 248 g/mol. The molecule has 0 amide bonds. The molecule has 2 N–H and O–H groups in total. The highest BCUT2D eigenvalue weighted by atomic mass is 16.5. The first kappa shape index (κ1) is 20.2. The molecule has 0 aliphatic carbocycles. The fraction of sp³-hybridized carbons (Fsp3) is 0.857. The van der Waals surface area contributed by atoms with E-state index in [-0.39, 0.29) is 12.8 Å². The molecule has 5 nitrogen and oxygen atoms in total. The molecule has 114 valence electrons. The van der Waals surface area contributed by atoms with Gasteiger partial charge in [0.1, 0.15) is 0 Å². The summed E-state index contributed by atoms with van der Waals surface area (Å²) in [6, 6.07) is 0. The van der Waals surface area contributed by atoms with Gasteiger partial charge in [-0.25, -0.2) is 0 Å². The average Bonchev–Trinajstić information content (AvgIpc) is 2.23. The molecule has 0 aromatic heterocycles. The van der Waals surface area contributed by atoms with Crippen LogP contribution in [0.1, 0.15) is 53.4 Å². The van der Waals surface area contributed by atoms with E-state index in [4.69, 9.17) is 14.9 Å². The molecule has 0 aliphatic rings. The van der Waals surface area contributed by atoms with Crippen molar-refractivity contribution in [2.45, 2.75) is 53.4 Å². The standard InChI is InChI=1S/C8H18O.C6H10O4/c1-7(2)5-9-6-8(3)4;7-5(8)3-1-2-4-6(9)10/h7-8H,5-6H2,1-4H3;1-4H2,(H,7,8)(H,9,10). The predicted molar refractivity (Wildman–Crippen MR) is 74.2 cm³/mol. The molecule has 0 spiro atoms. The zero-order chi connectivity index (χ0) is 15.3. The third-order valence-electron chi connectivity index (χ3n) is 1.93. The van der Waals surface area contributed by atoms with Crippen molar-refractivity contribution in [2.24, 2.45) is 11.8 Å². The van der Waals surface area contributed by atoms with E-state index in [1.165, 1.54) is 0 Å². The highest BCUT2D eigenvalue weighted by molar-refractivity contribution is 5.67. The molecule has 0 atom stereocenters. The summed E-state index contributed by atoms with van der Waals surface area (Å²) >= 11 is 0. The smallest absolute Gasteiger partial charge is 0.303 e. The van der Waals surface area contributed by atoms with Crippen molar-refractivity contribution < 1.29 is 24.5 Å². The number of hydrogen-bond acceptors (Lipinski definition) is 3. The molecule has 19 heavy (non-hydrogen) atoms. The molecule has 5 heteroatoms. The molecule has 0 aliphatic heterocycles. The molecule has 0 heterocycles. The summed E-state index contributed by atoms with van der Waals surface area (Å²) in [5, 5.41) is 16.3. The maximum atomic E-state index is 9.90. The van der Waals surface area contributed by atoms with Gasteiger partial charge >= 0.3 is 11.9 Å². The van der Waals surface area contributed by atoms with Gasteiger partial charge in [0, 0.05) is 26.1 Å². The second-order valence-corrected chi connectivity index (χ2v) is 5.32. The van der Waals surface area contributed by atoms with Gasteiger partial charge in [0.2, 0.25) is 0 Å². The van der Waals surface area contributed by atoms with E-state index in [9.17, 15) is 9.59 Å². The highest BCUT2D eigenvalue weighted by Gasteiger charge is 1.99. The van der Waals surface area contributed by atoms with Gasteiger partial charge in [-0.1, -0.05) is 27.7 Å². The van der Waals surface area contributed by atoms with Crippen LogP contribution in [-0.4, -0.2) is 35.4 Å². The Labute approximate surface area is 116 Å². The van der Waals surface area contributed by atoms with E-state index in [1.807, 2.05) is 0 Å². The first-order chi connectivity index (χ1) is 8.75. The van der Waals surface area contributed by atoms with Gasteiger partial charge in [-0.15, -0.1) is 0 Å². The number of rotatable bonds is 9. The zero-order valence-corrected chi connectivity index (χ0v) is 12.5. The fourth-order valence-corrected chi connectivity index (χ4v) is 1.09. The Balaban J connectivity index is 0. The second kappa shape index (κ2) is 13.3. The Morgan fingerprint density at radius 2 is 1.16 bits per heavy atom. The predicted octanol–water partition coefficient (Wildman–Crippen LogP) is 3.03. The van der Waals surface area contributed by atoms with Gasteiger partial charge in [-0.2, -0.15) is 0 Å². The second-order valence-electron chi connectivity index (χ2n) is 5.32. The number of aliphatic carboxylic acids is 2. The van der Waals surface area contributed by atoms with E-state index < -0.39 is 11.9 Å². The summed E-state index contributed by atoms with van der Waals surface area (Å²) in [6.07, 6.45) is 1.02. The lowest BCUT2D eigenvalue weighted by Gasteiger charge is -2.07. The Hall–Kier alpha value is -1.10. The summed E-state index contributed by atoms with van der Waals surface area (Å²) in [5.74, 6) is -0.400. The third-order valence-corrected chi connectivity index (χ3v) is 1.93. The van der Waals surface area contributed by atoms with Crippen LogP contribution < -0.4 is 0 Å². The van der Waals surface area contributed by atoms with Crippen molar-refractivity contribution in [1.29, 1.82) is 0 Å². The van der Waals surface area contributed by atoms with Gasteiger partial charge < -0.3 is 14.9 Å². The van der Waals surface area contributed by atoms with E-state index in [0.29, 0.717) is 24.7 Å². The lowest BCUT2D eigenvalue weighted by Crippen LogP contribution is -2.06. The van der Waals surface area contributed by atoms with Crippen LogP contribution >= 0.6 is 0 Å². The van der Waals surface area contributed by atoms with Crippen LogP contribution in [0, 0.1) is 11.8 Å². The van der Waals surface area contributed by atoms with Crippen molar-refractivity contribution in [1.82, 2.24) is 0 Å². The summed E-state index contributed by atoms with van der Waals surface area (Å²) < 4.78 is 5.36. The Morgan fingerprint density at radius 3 is 1.37 bits per heavy atom. The minimum absolute atomic E-state index is 0.0628. The lowest BCUT2D eigenvalue weighted by molar-refractivity contribution is -0.139. The number of carboxylic acids is 2. The average molecular weight is 276 g/mol. The number of carbonyl (C=O) groups is 2. The molecule has 0 aromatic carbocycles. The van der Waals surface area contributed by atoms with Crippen LogP contribution in [0.2, 0.25) is 0 Å². The summed E-state index contributed by atoms with van der Waals surface area (Å²) in [7, 11) is 0. The minimum Gasteiger partial charge on any atom is -0.481 e. The molecule has 0 aromatic rings. The summed E-state index contributed by atoms with van der Waals surface area (Å²) in [6.45, 7) is 10.5. The van der Waals surface area contributed by atoms with Gasteiger partial charge in [0.25, 0.3) is 0 Å². The van der Waals surface area contributed by atoms with E-state index >= 15 is 0 Å². The number of carboxylic acid groups (broad SMARTS) is 2. The molecule has 0 saturated heterocycles. The van der Waals surface area contributed by atoms with Crippen molar-refractivity contribution in [3.8, 4) is 0 Å². The zero-order valence-electron chi connectivity index (χ0n) is 12.5. The molecule has 0 fully saturated rings. The maximum Gasteiger partial charge on any atom is 0.303 e. The lowest BCUT2D eigenvalue weighted by atomic mass is 10.2. The van der Waals surface area contributed by atoms with Gasteiger partial charge in [-0.05, 0) is 24.7 Å². The third kappa shape index (κ3) is 26.5. The Kier molecular flexibility index (Phi) is 14.2. The molecule has 0 radical (unpaired) electrons. The van der Waals surface area contributed by atoms with E-state index in [2.05, 4.69) is 27.7 Å². The van der Waals surface area contributed by atoms with Crippen LogP contribution in [0.25, 0.3) is 0 Å². The minimum atomic E-state index is -0.870. The van der Waals surface area contributed by atoms with Crippen LogP contribution in [-0.2, 0) is 14.3 Å². The summed E-state index contributed by atoms with van der Waals surface area (Å²) in [4.78, 5) is 19.8. The first-order valence-electron chi connectivity index (χ1n) is 6.77. The monoisotopic (exact) mass is 276 g/mol. The van der Waals surface area contributed by atoms with Gasteiger partial charge in [0.05, 0.1) is 0 Å². The number of unbranched alkanes of at least 4 members (excludes halogenated alkanes) is 1. The van der Waals surface area contributed by atoms with Gasteiger partial charge in [-0.3, -0.25) is 9.59 Å². The van der Waals surface area contributed by atoms with Crippen molar-refractivity contribution >= 4 is 11.9 Å². The topological polar surface area (TPSA) is 83.8 Å². The van der Waals surface area contributed by atoms with E-state index in [0.717, 1.165) is 13.2 Å². The maximum absolute atomic E-state index is 9.90. The molecular formula is C14H28O5. The van der Waals surface area contributed by atoms with Crippen LogP contribution in [0.3, 0.4) is 0 Å². The molecule has 0 unspecified atom stereocenters. The van der Waals surface area contributed by atoms with Crippen molar-refractivity contribution in [3.63, 3.8) is 0 Å². The normalized spacial score (nSPS) is 10.2. The van der Waals surface area contributed by atoms with Crippen LogP contribution in [0.15, 0.2) is 0 Å². The summed E-state index contributed by atoms with van der Waals surface area (Å²) in [5.41, 5.74) is 0. The van der Waals surface area contributed by atoms with Crippen LogP contribution in [0.4, 0.5) is 0 Å². The molecule has 0 saturated carbocycles. The van der Waals surface area contributed by atoms with E-state index in [1.54, 1.807) is 0 Å². The highest BCUT2D eigenvalue weighted by Crippen LogP contribution is 1.98. The van der Waals surface area contributed by atoms with Crippen LogP contribution in [0.5, 0.6) is 0 Å². The van der Waals surface area contributed by atoms with Crippen molar-refractivity contribution in [2.75, 3.05) is 13.2 Å².